The molecule has 0 amide bonds. The molecule has 6 nitrogen and oxygen atoms in total. The molecule has 0 saturated heterocycles. The molecule has 0 aliphatic heterocycles. The summed E-state index contributed by atoms with van der Waals surface area (Å²) in [5.41, 5.74) is 7.72. The minimum atomic E-state index is -3.86. The number of imidazole rings is 1. The lowest BCUT2D eigenvalue weighted by Crippen LogP contribution is -2.09. The normalized spacial score (nSPS) is 11.6. The van der Waals surface area contributed by atoms with E-state index in [1.807, 2.05) is 24.3 Å². The van der Waals surface area contributed by atoms with Gasteiger partial charge in [0.05, 0.1) is 21.6 Å². The molecule has 0 saturated carbocycles. The molecular formula is C18H12N4O2S. The van der Waals surface area contributed by atoms with Crippen molar-refractivity contribution in [3.05, 3.63) is 66.4 Å². The molecule has 0 bridgehead atoms. The first-order valence-corrected chi connectivity index (χ1v) is 8.92. The second kappa shape index (κ2) is 5.33. The topological polar surface area (TPSA) is 101 Å². The summed E-state index contributed by atoms with van der Waals surface area (Å²) in [7, 11) is -3.86. The average Bonchev–Trinajstić information content (AvgIpc) is 3.00. The number of hydrogen-bond donors (Lipinski definition) is 1. The van der Waals surface area contributed by atoms with Gasteiger partial charge in [0.15, 0.2) is 5.65 Å². The fourth-order valence-electron chi connectivity index (χ4n) is 2.83. The summed E-state index contributed by atoms with van der Waals surface area (Å²) in [6.07, 6.45) is 1.43. The van der Waals surface area contributed by atoms with Gasteiger partial charge in [-0.25, -0.2) is 13.4 Å². The fraction of sp³-hybridized carbons (Fsp3) is 0. The Bertz CT molecular complexity index is 1270. The largest absolute Gasteiger partial charge is 0.396 e. The van der Waals surface area contributed by atoms with Gasteiger partial charge in [-0.2, -0.15) is 5.26 Å². The Labute approximate surface area is 143 Å². The second-order valence-electron chi connectivity index (χ2n) is 5.50. The lowest BCUT2D eigenvalue weighted by Gasteiger charge is -2.10. The van der Waals surface area contributed by atoms with Crippen LogP contribution in [0.4, 0.5) is 5.69 Å². The van der Waals surface area contributed by atoms with E-state index in [-0.39, 0.29) is 21.0 Å². The van der Waals surface area contributed by atoms with Crippen molar-refractivity contribution in [3.63, 3.8) is 0 Å². The molecule has 7 heteroatoms. The van der Waals surface area contributed by atoms with Crippen LogP contribution < -0.4 is 5.73 Å². The maximum Gasteiger partial charge on any atom is 0.210 e. The molecule has 0 spiro atoms. The van der Waals surface area contributed by atoms with Crippen LogP contribution in [-0.2, 0) is 9.84 Å². The number of nitrogen functional groups attached to an aromatic ring is 1. The van der Waals surface area contributed by atoms with Crippen LogP contribution in [0.3, 0.4) is 0 Å². The number of sulfone groups is 1. The number of fused-ring (bicyclic) bond motifs is 3. The number of aromatic nitrogens is 2. The number of nitrogens with two attached hydrogens (primary N) is 1. The zero-order valence-corrected chi connectivity index (χ0v) is 13.7. The van der Waals surface area contributed by atoms with Crippen LogP contribution in [0.15, 0.2) is 70.6 Å². The van der Waals surface area contributed by atoms with Crippen molar-refractivity contribution < 1.29 is 8.42 Å². The first-order valence-electron chi connectivity index (χ1n) is 7.43. The van der Waals surface area contributed by atoms with E-state index in [1.165, 1.54) is 18.3 Å². The number of anilines is 1. The van der Waals surface area contributed by atoms with Crippen LogP contribution in [0, 0.1) is 11.3 Å². The van der Waals surface area contributed by atoms with Crippen molar-refractivity contribution in [2.75, 3.05) is 5.73 Å². The Balaban J connectivity index is 2.14. The number of rotatable bonds is 2. The summed E-state index contributed by atoms with van der Waals surface area (Å²) in [5.74, 6) is 0. The first-order chi connectivity index (χ1) is 12.0. The molecular weight excluding hydrogens is 336 g/mol. The van der Waals surface area contributed by atoms with Gasteiger partial charge < -0.3 is 5.73 Å². The van der Waals surface area contributed by atoms with Gasteiger partial charge in [-0.15, -0.1) is 0 Å². The third-order valence-electron chi connectivity index (χ3n) is 4.06. The highest BCUT2D eigenvalue weighted by Gasteiger charge is 2.25. The minimum absolute atomic E-state index is 0.0493. The molecule has 4 rings (SSSR count). The van der Waals surface area contributed by atoms with Gasteiger partial charge in [0.2, 0.25) is 9.84 Å². The van der Waals surface area contributed by atoms with Gasteiger partial charge in [0, 0.05) is 6.20 Å². The van der Waals surface area contributed by atoms with Crippen LogP contribution in [-0.4, -0.2) is 17.8 Å². The molecule has 0 fully saturated rings. The minimum Gasteiger partial charge on any atom is -0.396 e. The Kier molecular flexibility index (Phi) is 3.23. The lowest BCUT2D eigenvalue weighted by molar-refractivity contribution is 0.596. The van der Waals surface area contributed by atoms with E-state index >= 15 is 0 Å². The monoisotopic (exact) mass is 348 g/mol. The molecule has 0 atom stereocenters. The van der Waals surface area contributed by atoms with Gasteiger partial charge in [0.25, 0.3) is 0 Å². The number of benzene rings is 2. The van der Waals surface area contributed by atoms with E-state index < -0.39 is 9.84 Å². The predicted molar refractivity (Wildman–Crippen MR) is 93.7 cm³/mol. The van der Waals surface area contributed by atoms with Crippen LogP contribution in [0.5, 0.6) is 0 Å². The van der Waals surface area contributed by atoms with Crippen LogP contribution >= 0.6 is 0 Å². The molecule has 4 aromatic rings. The zero-order chi connectivity index (χ0) is 17.6. The molecule has 2 heterocycles. The van der Waals surface area contributed by atoms with Gasteiger partial charge in [-0.3, -0.25) is 4.40 Å². The average molecular weight is 348 g/mol. The lowest BCUT2D eigenvalue weighted by atomic mass is 10.2. The van der Waals surface area contributed by atoms with Crippen molar-refractivity contribution in [3.8, 4) is 6.07 Å². The number of hydrogen-bond acceptors (Lipinski definition) is 5. The Morgan fingerprint density at radius 1 is 1.04 bits per heavy atom. The fourth-order valence-corrected chi connectivity index (χ4v) is 4.24. The van der Waals surface area contributed by atoms with Crippen molar-refractivity contribution >= 4 is 32.2 Å². The van der Waals surface area contributed by atoms with E-state index in [0.717, 1.165) is 0 Å². The SMILES string of the molecule is N#Cc1c(N)c(S(=O)(=O)c2ccccc2)cn2c1nc1ccccc12. The summed E-state index contributed by atoms with van der Waals surface area (Å²) >= 11 is 0. The molecule has 0 unspecified atom stereocenters. The molecule has 0 radical (unpaired) electrons. The molecule has 122 valence electrons. The smallest absolute Gasteiger partial charge is 0.210 e. The maximum atomic E-state index is 13.0. The summed E-state index contributed by atoms with van der Waals surface area (Å²) in [5, 5.41) is 9.52. The molecule has 2 aromatic carbocycles. The Morgan fingerprint density at radius 2 is 1.72 bits per heavy atom. The molecule has 0 aliphatic rings. The van der Waals surface area contributed by atoms with Crippen LogP contribution in [0.2, 0.25) is 0 Å². The third-order valence-corrected chi connectivity index (χ3v) is 5.85. The zero-order valence-electron chi connectivity index (χ0n) is 12.9. The Hall–Kier alpha value is -3.37. The predicted octanol–water partition coefficient (Wildman–Crippen LogP) is 2.77. The van der Waals surface area contributed by atoms with E-state index in [4.69, 9.17) is 5.73 Å². The highest BCUT2D eigenvalue weighted by atomic mass is 32.2. The molecule has 2 aromatic heterocycles. The van der Waals surface area contributed by atoms with E-state index in [0.29, 0.717) is 16.7 Å². The van der Waals surface area contributed by atoms with Gasteiger partial charge in [-0.05, 0) is 24.3 Å². The maximum absolute atomic E-state index is 13.0. The van der Waals surface area contributed by atoms with E-state index in [9.17, 15) is 13.7 Å². The van der Waals surface area contributed by atoms with Gasteiger partial charge >= 0.3 is 0 Å². The number of para-hydroxylation sites is 2. The first kappa shape index (κ1) is 15.2. The summed E-state index contributed by atoms with van der Waals surface area (Å²) in [6.45, 7) is 0. The van der Waals surface area contributed by atoms with Gasteiger partial charge in [-0.1, -0.05) is 30.3 Å². The number of nitriles is 1. The second-order valence-corrected chi connectivity index (χ2v) is 7.42. The van der Waals surface area contributed by atoms with Crippen molar-refractivity contribution in [2.24, 2.45) is 0 Å². The van der Waals surface area contributed by atoms with Crippen LogP contribution in [0.1, 0.15) is 5.56 Å². The van der Waals surface area contributed by atoms with Gasteiger partial charge in [0.1, 0.15) is 16.5 Å². The number of pyridine rings is 1. The third kappa shape index (κ3) is 2.16. The molecule has 0 aliphatic carbocycles. The standard InChI is InChI=1S/C18H12N4O2S/c19-10-13-17(20)16(25(23,24)12-6-2-1-3-7-12)11-22-15-9-5-4-8-14(15)21-18(13)22/h1-9,11H,20H2. The Morgan fingerprint density at radius 3 is 2.44 bits per heavy atom. The highest BCUT2D eigenvalue weighted by molar-refractivity contribution is 7.91. The summed E-state index contributed by atoms with van der Waals surface area (Å²) in [4.78, 5) is 4.42. The van der Waals surface area contributed by atoms with E-state index in [1.54, 1.807) is 28.7 Å². The quantitative estimate of drug-likeness (QED) is 0.600. The summed E-state index contributed by atoms with van der Waals surface area (Å²) < 4.78 is 27.6. The number of nitrogens with zero attached hydrogens (tertiary/aromatic N) is 3. The van der Waals surface area contributed by atoms with Crippen molar-refractivity contribution in [1.29, 1.82) is 5.26 Å². The van der Waals surface area contributed by atoms with Crippen LogP contribution in [0.25, 0.3) is 16.7 Å². The summed E-state index contributed by atoms with van der Waals surface area (Å²) in [6, 6.07) is 17.2. The van der Waals surface area contributed by atoms with Crippen molar-refractivity contribution in [1.82, 2.24) is 9.38 Å². The molecule has 25 heavy (non-hydrogen) atoms. The highest BCUT2D eigenvalue weighted by Crippen LogP contribution is 2.32. The van der Waals surface area contributed by atoms with Crippen molar-refractivity contribution in [2.45, 2.75) is 9.79 Å². The molecule has 2 N–H and O–H groups in total. The van der Waals surface area contributed by atoms with E-state index in [2.05, 4.69) is 4.98 Å².